The quantitative estimate of drug-likeness (QED) is 0.262. The first-order chi connectivity index (χ1) is 16.3. The SMILES string of the molecule is CSCC[C@H](NC(=O)OC(C)(C)C)C(=O)N[C@@H](CC(=O)O)C(=O)N[C@@H](Cc1ccccc1)C(=O)O. The summed E-state index contributed by atoms with van der Waals surface area (Å²) < 4.78 is 5.18. The van der Waals surface area contributed by atoms with E-state index in [-0.39, 0.29) is 12.8 Å². The molecule has 194 valence electrons. The van der Waals surface area contributed by atoms with Crippen LogP contribution in [0.25, 0.3) is 0 Å². The third-order valence-electron chi connectivity index (χ3n) is 4.53. The van der Waals surface area contributed by atoms with Crippen LogP contribution in [0.4, 0.5) is 4.79 Å². The van der Waals surface area contributed by atoms with Gasteiger partial charge in [0.15, 0.2) is 0 Å². The van der Waals surface area contributed by atoms with Crippen molar-refractivity contribution < 1.29 is 38.9 Å². The molecule has 3 amide bonds. The van der Waals surface area contributed by atoms with Gasteiger partial charge in [-0.05, 0) is 44.8 Å². The first-order valence-electron chi connectivity index (χ1n) is 10.9. The number of thioether (sulfide) groups is 1. The van der Waals surface area contributed by atoms with Gasteiger partial charge in [0.1, 0.15) is 23.7 Å². The first kappa shape index (κ1) is 29.8. The van der Waals surface area contributed by atoms with Crippen LogP contribution in [0.3, 0.4) is 0 Å². The van der Waals surface area contributed by atoms with E-state index < -0.39 is 60.0 Å². The number of ether oxygens (including phenoxy) is 1. The Bertz CT molecular complexity index is 889. The van der Waals surface area contributed by atoms with Crippen LogP contribution in [0.2, 0.25) is 0 Å². The molecule has 11 nitrogen and oxygen atoms in total. The summed E-state index contributed by atoms with van der Waals surface area (Å²) in [6.07, 6.45) is 0.344. The number of alkyl carbamates (subject to hydrolysis) is 1. The lowest BCUT2D eigenvalue weighted by molar-refractivity contribution is -0.143. The zero-order valence-corrected chi connectivity index (χ0v) is 21.0. The molecule has 35 heavy (non-hydrogen) atoms. The maximum Gasteiger partial charge on any atom is 0.408 e. The average molecular weight is 512 g/mol. The maximum absolute atomic E-state index is 12.9. The number of carboxylic acids is 2. The highest BCUT2D eigenvalue weighted by atomic mass is 32.2. The lowest BCUT2D eigenvalue weighted by Gasteiger charge is -2.25. The molecule has 0 radical (unpaired) electrons. The molecule has 1 aromatic carbocycles. The Kier molecular flexibility index (Phi) is 12.1. The highest BCUT2D eigenvalue weighted by molar-refractivity contribution is 7.98. The molecule has 0 heterocycles. The molecule has 0 aliphatic rings. The molecule has 0 bridgehead atoms. The fourth-order valence-corrected chi connectivity index (χ4v) is 3.40. The van der Waals surface area contributed by atoms with Gasteiger partial charge < -0.3 is 30.9 Å². The van der Waals surface area contributed by atoms with Gasteiger partial charge in [-0.15, -0.1) is 0 Å². The number of carboxylic acid groups (broad SMARTS) is 2. The predicted molar refractivity (Wildman–Crippen MR) is 130 cm³/mol. The van der Waals surface area contributed by atoms with Gasteiger partial charge in [-0.1, -0.05) is 30.3 Å². The predicted octanol–water partition coefficient (Wildman–Crippen LogP) is 1.40. The molecule has 5 N–H and O–H groups in total. The van der Waals surface area contributed by atoms with E-state index >= 15 is 0 Å². The Hall–Kier alpha value is -3.28. The number of hydrogen-bond acceptors (Lipinski definition) is 7. The number of rotatable bonds is 13. The van der Waals surface area contributed by atoms with Crippen LogP contribution in [0.15, 0.2) is 30.3 Å². The molecule has 0 saturated heterocycles. The molecular weight excluding hydrogens is 478 g/mol. The van der Waals surface area contributed by atoms with Gasteiger partial charge in [-0.2, -0.15) is 11.8 Å². The van der Waals surface area contributed by atoms with Crippen LogP contribution >= 0.6 is 11.8 Å². The molecule has 0 aromatic heterocycles. The number of hydrogen-bond donors (Lipinski definition) is 5. The molecule has 0 fully saturated rings. The second-order valence-corrected chi connectivity index (χ2v) is 9.71. The van der Waals surface area contributed by atoms with Crippen LogP contribution in [0.1, 0.15) is 39.2 Å². The summed E-state index contributed by atoms with van der Waals surface area (Å²) in [6, 6.07) is 4.58. The number of aliphatic carboxylic acids is 2. The van der Waals surface area contributed by atoms with E-state index in [0.29, 0.717) is 11.3 Å². The molecule has 3 atom stereocenters. The number of amides is 3. The molecule has 0 aliphatic carbocycles. The van der Waals surface area contributed by atoms with Crippen LogP contribution in [-0.2, 0) is 30.3 Å². The molecule has 12 heteroatoms. The summed E-state index contributed by atoms with van der Waals surface area (Å²) >= 11 is 1.43. The second-order valence-electron chi connectivity index (χ2n) is 8.73. The van der Waals surface area contributed by atoms with Crippen molar-refractivity contribution in [1.29, 1.82) is 0 Å². The number of carbonyl (C=O) groups excluding carboxylic acids is 3. The summed E-state index contributed by atoms with van der Waals surface area (Å²) in [4.78, 5) is 60.9. The highest BCUT2D eigenvalue weighted by Crippen LogP contribution is 2.09. The number of carbonyl (C=O) groups is 5. The monoisotopic (exact) mass is 511 g/mol. The van der Waals surface area contributed by atoms with Crippen LogP contribution in [0.5, 0.6) is 0 Å². The molecular formula is C23H33N3O8S. The fraction of sp³-hybridized carbons (Fsp3) is 0.522. The van der Waals surface area contributed by atoms with Crippen LogP contribution < -0.4 is 16.0 Å². The van der Waals surface area contributed by atoms with Crippen molar-refractivity contribution in [1.82, 2.24) is 16.0 Å². The van der Waals surface area contributed by atoms with E-state index in [1.807, 2.05) is 6.26 Å². The van der Waals surface area contributed by atoms with Gasteiger partial charge in [0.2, 0.25) is 11.8 Å². The van der Waals surface area contributed by atoms with Crippen molar-refractivity contribution in [3.05, 3.63) is 35.9 Å². The topological polar surface area (TPSA) is 171 Å². The Morgan fingerprint density at radius 3 is 2.00 bits per heavy atom. The summed E-state index contributed by atoms with van der Waals surface area (Å²) in [7, 11) is 0. The largest absolute Gasteiger partial charge is 0.481 e. The van der Waals surface area contributed by atoms with Crippen LogP contribution in [-0.4, -0.2) is 75.8 Å². The minimum atomic E-state index is -1.56. The van der Waals surface area contributed by atoms with Crippen molar-refractivity contribution in [2.75, 3.05) is 12.0 Å². The Labute approximate surface area is 208 Å². The molecule has 0 saturated carbocycles. The second kappa shape index (κ2) is 14.2. The van der Waals surface area contributed by atoms with Gasteiger partial charge in [0.25, 0.3) is 0 Å². The van der Waals surface area contributed by atoms with Crippen molar-refractivity contribution >= 4 is 41.6 Å². The van der Waals surface area contributed by atoms with Gasteiger partial charge in [-0.3, -0.25) is 14.4 Å². The standard InChI is InChI=1S/C23H33N3O8S/c1-23(2,3)34-22(33)26-15(10-11-35-4)19(29)24-16(13-18(27)28)20(30)25-17(21(31)32)12-14-8-6-5-7-9-14/h5-9,15-17H,10-13H2,1-4H3,(H,24,29)(H,25,30)(H,26,33)(H,27,28)(H,31,32)/t15-,16-,17-/m0/s1. The average Bonchev–Trinajstić information content (AvgIpc) is 2.74. The summed E-state index contributed by atoms with van der Waals surface area (Å²) in [5, 5.41) is 25.8. The molecule has 0 spiro atoms. The summed E-state index contributed by atoms with van der Waals surface area (Å²) in [6.45, 7) is 4.97. The summed E-state index contributed by atoms with van der Waals surface area (Å²) in [5.41, 5.74) is -0.154. The van der Waals surface area contributed by atoms with E-state index in [0.717, 1.165) is 0 Å². The number of benzene rings is 1. The van der Waals surface area contributed by atoms with Crippen molar-refractivity contribution in [3.8, 4) is 0 Å². The zero-order valence-electron chi connectivity index (χ0n) is 20.2. The Morgan fingerprint density at radius 2 is 1.49 bits per heavy atom. The van der Waals surface area contributed by atoms with Crippen molar-refractivity contribution in [3.63, 3.8) is 0 Å². The van der Waals surface area contributed by atoms with Gasteiger partial charge in [0.05, 0.1) is 6.42 Å². The Balaban J connectivity index is 2.97. The van der Waals surface area contributed by atoms with E-state index in [1.165, 1.54) is 11.8 Å². The molecule has 0 aliphatic heterocycles. The van der Waals surface area contributed by atoms with Gasteiger partial charge in [0, 0.05) is 6.42 Å². The Morgan fingerprint density at radius 1 is 0.914 bits per heavy atom. The van der Waals surface area contributed by atoms with Crippen molar-refractivity contribution in [2.24, 2.45) is 0 Å². The zero-order chi connectivity index (χ0) is 26.6. The fourth-order valence-electron chi connectivity index (χ4n) is 2.93. The molecule has 0 unspecified atom stereocenters. The van der Waals surface area contributed by atoms with Gasteiger partial charge >= 0.3 is 18.0 Å². The smallest absolute Gasteiger partial charge is 0.408 e. The third-order valence-corrected chi connectivity index (χ3v) is 5.17. The minimum Gasteiger partial charge on any atom is -0.481 e. The summed E-state index contributed by atoms with van der Waals surface area (Å²) in [5.74, 6) is -3.96. The van der Waals surface area contributed by atoms with Crippen molar-refractivity contribution in [2.45, 2.75) is 63.8 Å². The van der Waals surface area contributed by atoms with E-state index in [1.54, 1.807) is 51.1 Å². The highest BCUT2D eigenvalue weighted by Gasteiger charge is 2.31. The van der Waals surface area contributed by atoms with E-state index in [4.69, 9.17) is 4.74 Å². The normalized spacial score (nSPS) is 13.6. The molecule has 1 aromatic rings. The number of nitrogens with one attached hydrogen (secondary N) is 3. The lowest BCUT2D eigenvalue weighted by Crippen LogP contribution is -2.56. The third kappa shape index (κ3) is 12.1. The lowest BCUT2D eigenvalue weighted by atomic mass is 10.0. The first-order valence-corrected chi connectivity index (χ1v) is 12.3. The minimum absolute atomic E-state index is 0.0355. The van der Waals surface area contributed by atoms with E-state index in [9.17, 15) is 34.2 Å². The molecule has 1 rings (SSSR count). The van der Waals surface area contributed by atoms with E-state index in [2.05, 4.69) is 16.0 Å². The maximum atomic E-state index is 12.9. The van der Waals surface area contributed by atoms with Gasteiger partial charge in [-0.25, -0.2) is 9.59 Å². The van der Waals surface area contributed by atoms with Crippen LogP contribution in [0, 0.1) is 0 Å².